The van der Waals surface area contributed by atoms with Crippen molar-refractivity contribution in [2.75, 3.05) is 0 Å². The average Bonchev–Trinajstić information content (AvgIpc) is 1.62. The van der Waals surface area contributed by atoms with Crippen LogP contribution in [0.2, 0.25) is 0 Å². The van der Waals surface area contributed by atoms with E-state index in [4.69, 9.17) is 10.2 Å². The lowest BCUT2D eigenvalue weighted by atomic mass is 10.3. The van der Waals surface area contributed by atoms with Gasteiger partial charge in [0.05, 0.1) is 0 Å². The summed E-state index contributed by atoms with van der Waals surface area (Å²) in [5, 5.41) is 18.1. The van der Waals surface area contributed by atoms with E-state index in [1.807, 2.05) is 0 Å². The number of aliphatic hydroxyl groups is 2. The summed E-state index contributed by atoms with van der Waals surface area (Å²) in [6.07, 6.45) is 0. The number of alkyl halides is 4. The molecule has 0 aromatic carbocycles. The second kappa shape index (κ2) is 3.70. The van der Waals surface area contributed by atoms with Gasteiger partial charge in [0.1, 0.15) is 0 Å². The normalized spacial score (nSPS) is 17.1. The molecule has 1 atom stereocenters. The maximum Gasteiger partial charge on any atom is 0.248 e. The van der Waals surface area contributed by atoms with Crippen molar-refractivity contribution in [2.24, 2.45) is 0 Å². The van der Waals surface area contributed by atoms with Crippen molar-refractivity contribution < 1.29 is 10.2 Å². The molecule has 10 heavy (non-hydrogen) atoms. The number of hydrogen-bond donors (Lipinski definition) is 2. The lowest BCUT2D eigenvalue weighted by molar-refractivity contribution is -0.0725. The first-order valence-corrected chi connectivity index (χ1v) is 5.64. The summed E-state index contributed by atoms with van der Waals surface area (Å²) in [7, 11) is 0. The van der Waals surface area contributed by atoms with E-state index in [9.17, 15) is 0 Å². The molecule has 0 bridgehead atoms. The number of halogens is 4. The zero-order chi connectivity index (χ0) is 8.58. The van der Waals surface area contributed by atoms with Gasteiger partial charge in [0, 0.05) is 4.83 Å². The van der Waals surface area contributed by atoms with Crippen molar-refractivity contribution in [3.8, 4) is 0 Å². The van der Waals surface area contributed by atoms with Gasteiger partial charge in [0.2, 0.25) is 4.70 Å². The first-order chi connectivity index (χ1) is 4.19. The lowest BCUT2D eigenvalue weighted by Crippen LogP contribution is -2.45. The summed E-state index contributed by atoms with van der Waals surface area (Å²) in [6, 6.07) is 0. The lowest BCUT2D eigenvalue weighted by Gasteiger charge is -2.31. The predicted octanol–water partition coefficient (Wildman–Crippen LogP) is 2.29. The van der Waals surface area contributed by atoms with Gasteiger partial charge in [-0.15, -0.1) is 0 Å². The fraction of sp³-hybridized carbons (Fsp3) is 1.00. The van der Waals surface area contributed by atoms with Crippen molar-refractivity contribution in [2.45, 2.75) is 19.7 Å². The summed E-state index contributed by atoms with van der Waals surface area (Å²) in [6.45, 7) is 1.77. The van der Waals surface area contributed by atoms with Gasteiger partial charge in [0.15, 0.2) is 3.23 Å². The molecule has 0 aliphatic carbocycles. The maximum absolute atomic E-state index is 9.06. The zero-order valence-corrected chi connectivity index (χ0v) is 11.3. The van der Waals surface area contributed by atoms with Crippen LogP contribution in [-0.2, 0) is 0 Å². The molecule has 0 amide bonds. The smallest absolute Gasteiger partial charge is 0.248 e. The van der Waals surface area contributed by atoms with E-state index in [1.54, 1.807) is 6.92 Å². The Morgan fingerprint density at radius 2 is 1.50 bits per heavy atom. The van der Waals surface area contributed by atoms with Crippen molar-refractivity contribution in [1.82, 2.24) is 0 Å². The summed E-state index contributed by atoms with van der Waals surface area (Å²) in [5.41, 5.74) is 0. The molecule has 1 unspecified atom stereocenters. The van der Waals surface area contributed by atoms with Gasteiger partial charge < -0.3 is 10.2 Å². The van der Waals surface area contributed by atoms with Gasteiger partial charge in [-0.2, -0.15) is 0 Å². The van der Waals surface area contributed by atoms with E-state index in [0.29, 0.717) is 0 Å². The molecule has 0 aliphatic heterocycles. The van der Waals surface area contributed by atoms with Gasteiger partial charge in [-0.05, 0) is 15.9 Å². The molecule has 2 N–H and O–H groups in total. The maximum atomic E-state index is 9.06. The van der Waals surface area contributed by atoms with Gasteiger partial charge in [0.25, 0.3) is 0 Å². The first kappa shape index (κ1) is 11.8. The monoisotopic (exact) mass is 402 g/mol. The van der Waals surface area contributed by atoms with Gasteiger partial charge >= 0.3 is 0 Å². The van der Waals surface area contributed by atoms with Crippen LogP contribution in [0.15, 0.2) is 0 Å². The molecule has 62 valence electrons. The van der Waals surface area contributed by atoms with Crippen LogP contribution >= 0.6 is 63.7 Å². The Balaban J connectivity index is 4.40. The average molecular weight is 406 g/mol. The molecular formula is C4H6Br4O2. The first-order valence-electron chi connectivity index (χ1n) is 2.35. The third kappa shape index (κ3) is 2.71. The molecule has 0 saturated carbocycles. The molecule has 0 heterocycles. The van der Waals surface area contributed by atoms with Crippen LogP contribution in [0, 0.1) is 0 Å². The van der Waals surface area contributed by atoms with Crippen molar-refractivity contribution >= 4 is 63.7 Å². The Kier molecular flexibility index (Phi) is 4.38. The molecular weight excluding hydrogens is 400 g/mol. The topological polar surface area (TPSA) is 40.5 Å². The third-order valence-electron chi connectivity index (χ3n) is 0.924. The standard InChI is InChI=1S/C4H6Br4O2/c1-2(5)3(6,7)4(8,9)10/h2,9-10H,1H3. The van der Waals surface area contributed by atoms with Crippen molar-refractivity contribution in [3.05, 3.63) is 0 Å². The molecule has 2 nitrogen and oxygen atoms in total. The second-order valence-corrected chi connectivity index (χ2v) is 7.87. The zero-order valence-electron chi connectivity index (χ0n) is 4.98. The van der Waals surface area contributed by atoms with Crippen molar-refractivity contribution in [3.63, 3.8) is 0 Å². The van der Waals surface area contributed by atoms with Crippen LogP contribution < -0.4 is 0 Å². The SMILES string of the molecule is CC(Br)C(Br)(Br)C(O)(O)Br. The molecule has 0 saturated heterocycles. The molecule has 0 radical (unpaired) electrons. The van der Waals surface area contributed by atoms with Crippen molar-refractivity contribution in [1.29, 1.82) is 0 Å². The highest BCUT2D eigenvalue weighted by atomic mass is 79.9. The molecule has 0 aromatic heterocycles. The van der Waals surface area contributed by atoms with Gasteiger partial charge in [-0.1, -0.05) is 54.7 Å². The minimum Gasteiger partial charge on any atom is -0.355 e. The minimum absolute atomic E-state index is 0.144. The molecule has 0 fully saturated rings. The van der Waals surface area contributed by atoms with Crippen LogP contribution in [0.3, 0.4) is 0 Å². The highest BCUT2D eigenvalue weighted by molar-refractivity contribution is 9.27. The highest BCUT2D eigenvalue weighted by Crippen LogP contribution is 2.45. The number of rotatable bonds is 2. The minimum atomic E-state index is -1.98. The van der Waals surface area contributed by atoms with Gasteiger partial charge in [-0.25, -0.2) is 0 Å². The largest absolute Gasteiger partial charge is 0.355 e. The highest BCUT2D eigenvalue weighted by Gasteiger charge is 2.47. The molecule has 0 rings (SSSR count). The summed E-state index contributed by atoms with van der Waals surface area (Å²) >= 11 is 12.1. The van der Waals surface area contributed by atoms with Crippen LogP contribution in [0.25, 0.3) is 0 Å². The van der Waals surface area contributed by atoms with Crippen LogP contribution in [0.1, 0.15) is 6.92 Å². The Labute approximate surface area is 92.9 Å². The van der Waals surface area contributed by atoms with E-state index in [1.165, 1.54) is 0 Å². The Bertz CT molecular complexity index is 117. The summed E-state index contributed by atoms with van der Waals surface area (Å²) in [5.74, 6) is 0. The Morgan fingerprint density at radius 3 is 1.50 bits per heavy atom. The Hall–Kier alpha value is 1.84. The van der Waals surface area contributed by atoms with Crippen LogP contribution in [0.4, 0.5) is 0 Å². The van der Waals surface area contributed by atoms with E-state index >= 15 is 0 Å². The predicted molar refractivity (Wildman–Crippen MR) is 55.1 cm³/mol. The molecule has 6 heteroatoms. The van der Waals surface area contributed by atoms with Crippen LogP contribution in [-0.4, -0.2) is 23.0 Å². The quantitative estimate of drug-likeness (QED) is 0.547. The Morgan fingerprint density at radius 1 is 1.20 bits per heavy atom. The fourth-order valence-corrected chi connectivity index (χ4v) is 1.22. The summed E-state index contributed by atoms with van der Waals surface area (Å²) < 4.78 is -2.98. The fourth-order valence-electron chi connectivity index (χ4n) is 0.253. The van der Waals surface area contributed by atoms with Gasteiger partial charge in [-0.3, -0.25) is 0 Å². The molecule has 0 spiro atoms. The van der Waals surface area contributed by atoms with E-state index < -0.39 is 7.93 Å². The van der Waals surface area contributed by atoms with E-state index in [0.717, 1.165) is 0 Å². The van der Waals surface area contributed by atoms with Crippen LogP contribution in [0.5, 0.6) is 0 Å². The van der Waals surface area contributed by atoms with E-state index in [-0.39, 0.29) is 4.83 Å². The molecule has 0 aromatic rings. The summed E-state index contributed by atoms with van der Waals surface area (Å²) in [4.78, 5) is -0.144. The second-order valence-electron chi connectivity index (χ2n) is 1.83. The molecule has 0 aliphatic rings. The number of hydrogen-bond acceptors (Lipinski definition) is 2. The van der Waals surface area contributed by atoms with E-state index in [2.05, 4.69) is 63.7 Å². The third-order valence-corrected chi connectivity index (χ3v) is 7.01.